The second-order valence-corrected chi connectivity index (χ2v) is 8.82. The molecule has 158 valence electrons. The average Bonchev–Trinajstić information content (AvgIpc) is 3.38. The van der Waals surface area contributed by atoms with Gasteiger partial charge in [0.2, 0.25) is 0 Å². The Labute approximate surface area is 183 Å². The SMILES string of the molecule is Cc1cc(-c2ccc(Cc3cc4c(cc3C)CN(CC3CCCO3)C4=O)cc2)ccn1. The molecule has 4 nitrogen and oxygen atoms in total. The molecule has 1 unspecified atom stereocenters. The van der Waals surface area contributed by atoms with Gasteiger partial charge in [-0.2, -0.15) is 0 Å². The van der Waals surface area contributed by atoms with Gasteiger partial charge in [-0.15, -0.1) is 0 Å². The maximum atomic E-state index is 13.0. The van der Waals surface area contributed by atoms with Crippen molar-refractivity contribution in [2.45, 2.75) is 45.8 Å². The van der Waals surface area contributed by atoms with Crippen LogP contribution in [0.2, 0.25) is 0 Å². The Morgan fingerprint density at radius 2 is 1.90 bits per heavy atom. The van der Waals surface area contributed by atoms with Crippen molar-refractivity contribution >= 4 is 5.91 Å². The maximum absolute atomic E-state index is 13.0. The summed E-state index contributed by atoms with van der Waals surface area (Å²) in [6.45, 7) is 6.39. The lowest BCUT2D eigenvalue weighted by Gasteiger charge is -2.19. The van der Waals surface area contributed by atoms with Crippen LogP contribution in [0, 0.1) is 13.8 Å². The quantitative estimate of drug-likeness (QED) is 0.586. The standard InChI is InChI=1S/C27H28N2O2/c1-18-12-24-16-29(17-25-4-3-11-31-25)27(30)26(24)15-23(18)14-20-5-7-21(8-6-20)22-9-10-28-19(2)13-22/h5-10,12-13,15,25H,3-4,11,14,16-17H2,1-2H3. The third-order valence-corrected chi connectivity index (χ3v) is 6.47. The fraction of sp³-hybridized carbons (Fsp3) is 0.333. The minimum absolute atomic E-state index is 0.148. The molecule has 2 aromatic carbocycles. The van der Waals surface area contributed by atoms with Gasteiger partial charge in [0.1, 0.15) is 0 Å². The van der Waals surface area contributed by atoms with E-state index in [0.717, 1.165) is 42.7 Å². The van der Waals surface area contributed by atoms with E-state index in [2.05, 4.69) is 54.4 Å². The largest absolute Gasteiger partial charge is 0.376 e. The van der Waals surface area contributed by atoms with Crippen LogP contribution in [-0.4, -0.2) is 35.0 Å². The lowest BCUT2D eigenvalue weighted by atomic mass is 9.95. The van der Waals surface area contributed by atoms with E-state index in [9.17, 15) is 4.79 Å². The van der Waals surface area contributed by atoms with Crippen molar-refractivity contribution in [1.29, 1.82) is 0 Å². The predicted molar refractivity (Wildman–Crippen MR) is 122 cm³/mol. The van der Waals surface area contributed by atoms with E-state index < -0.39 is 0 Å². The van der Waals surface area contributed by atoms with Gasteiger partial charge in [-0.3, -0.25) is 9.78 Å². The van der Waals surface area contributed by atoms with Crippen LogP contribution >= 0.6 is 0 Å². The first kappa shape index (κ1) is 20.0. The van der Waals surface area contributed by atoms with Crippen LogP contribution in [0.15, 0.2) is 54.7 Å². The predicted octanol–water partition coefficient (Wildman–Crippen LogP) is 5.09. The molecule has 4 heteroatoms. The summed E-state index contributed by atoms with van der Waals surface area (Å²) in [5, 5.41) is 0. The number of carbonyl (C=O) groups is 1. The number of rotatable bonds is 5. The average molecular weight is 413 g/mol. The number of ether oxygens (including phenoxy) is 1. The minimum Gasteiger partial charge on any atom is -0.376 e. The van der Waals surface area contributed by atoms with Crippen molar-refractivity contribution in [3.63, 3.8) is 0 Å². The zero-order valence-electron chi connectivity index (χ0n) is 18.2. The molecule has 0 N–H and O–H groups in total. The van der Waals surface area contributed by atoms with Gasteiger partial charge < -0.3 is 9.64 Å². The Balaban J connectivity index is 1.33. The van der Waals surface area contributed by atoms with Gasteiger partial charge in [-0.1, -0.05) is 30.3 Å². The summed E-state index contributed by atoms with van der Waals surface area (Å²) < 4.78 is 5.74. The summed E-state index contributed by atoms with van der Waals surface area (Å²) >= 11 is 0. The summed E-state index contributed by atoms with van der Waals surface area (Å²) in [6, 6.07) is 17.2. The Hall–Kier alpha value is -2.98. The van der Waals surface area contributed by atoms with E-state index in [1.807, 2.05) is 24.1 Å². The molecule has 2 aliphatic heterocycles. The first-order valence-corrected chi connectivity index (χ1v) is 11.1. The summed E-state index contributed by atoms with van der Waals surface area (Å²) in [4.78, 5) is 19.2. The molecule has 0 radical (unpaired) electrons. The number of nitrogens with zero attached hydrogens (tertiary/aromatic N) is 2. The van der Waals surface area contributed by atoms with Crippen molar-refractivity contribution in [3.8, 4) is 11.1 Å². The molecule has 1 saturated heterocycles. The van der Waals surface area contributed by atoms with Crippen molar-refractivity contribution < 1.29 is 9.53 Å². The number of carbonyl (C=O) groups excluding carboxylic acids is 1. The Bertz CT molecular complexity index is 1110. The highest BCUT2D eigenvalue weighted by Crippen LogP contribution is 2.29. The van der Waals surface area contributed by atoms with Crippen LogP contribution in [-0.2, 0) is 17.7 Å². The topological polar surface area (TPSA) is 42.4 Å². The van der Waals surface area contributed by atoms with E-state index in [1.165, 1.54) is 27.8 Å². The highest BCUT2D eigenvalue weighted by molar-refractivity contribution is 5.98. The molecule has 0 bridgehead atoms. The van der Waals surface area contributed by atoms with Gasteiger partial charge in [-0.25, -0.2) is 0 Å². The van der Waals surface area contributed by atoms with Crippen LogP contribution in [0.25, 0.3) is 11.1 Å². The lowest BCUT2D eigenvalue weighted by Crippen LogP contribution is -2.32. The van der Waals surface area contributed by atoms with Crippen LogP contribution in [0.3, 0.4) is 0 Å². The van der Waals surface area contributed by atoms with Crippen LogP contribution in [0.4, 0.5) is 0 Å². The van der Waals surface area contributed by atoms with E-state index >= 15 is 0 Å². The number of amides is 1. The van der Waals surface area contributed by atoms with Gasteiger partial charge >= 0.3 is 0 Å². The van der Waals surface area contributed by atoms with Crippen LogP contribution in [0.1, 0.15) is 51.1 Å². The zero-order chi connectivity index (χ0) is 21.4. The number of hydrogen-bond donors (Lipinski definition) is 0. The fourth-order valence-corrected chi connectivity index (χ4v) is 4.72. The molecular weight excluding hydrogens is 384 g/mol. The molecule has 1 fully saturated rings. The van der Waals surface area contributed by atoms with Gasteiger partial charge in [0.15, 0.2) is 0 Å². The molecule has 0 aliphatic carbocycles. The normalized spacial score (nSPS) is 17.9. The number of benzene rings is 2. The highest BCUT2D eigenvalue weighted by Gasteiger charge is 2.31. The molecule has 31 heavy (non-hydrogen) atoms. The van der Waals surface area contributed by atoms with E-state index in [0.29, 0.717) is 13.1 Å². The highest BCUT2D eigenvalue weighted by atomic mass is 16.5. The summed E-state index contributed by atoms with van der Waals surface area (Å²) in [5.41, 5.74) is 9.13. The third kappa shape index (κ3) is 4.13. The molecular formula is C27H28N2O2. The van der Waals surface area contributed by atoms with Crippen LogP contribution in [0.5, 0.6) is 0 Å². The molecule has 5 rings (SSSR count). The Morgan fingerprint density at radius 3 is 2.65 bits per heavy atom. The van der Waals surface area contributed by atoms with Crippen molar-refractivity contribution in [2.24, 2.45) is 0 Å². The van der Waals surface area contributed by atoms with Gasteiger partial charge in [0.05, 0.1) is 6.10 Å². The smallest absolute Gasteiger partial charge is 0.254 e. The first-order valence-electron chi connectivity index (χ1n) is 11.1. The zero-order valence-corrected chi connectivity index (χ0v) is 18.2. The second kappa shape index (κ2) is 8.27. The lowest BCUT2D eigenvalue weighted by molar-refractivity contribution is 0.0545. The number of hydrogen-bond acceptors (Lipinski definition) is 3. The van der Waals surface area contributed by atoms with Crippen molar-refractivity contribution in [3.05, 3.63) is 88.2 Å². The maximum Gasteiger partial charge on any atom is 0.254 e. The summed E-state index contributed by atoms with van der Waals surface area (Å²) in [6.07, 6.45) is 5.03. The van der Waals surface area contributed by atoms with Gasteiger partial charge in [0.25, 0.3) is 5.91 Å². The number of aryl methyl sites for hydroxylation is 2. The molecule has 3 aromatic rings. The van der Waals surface area contributed by atoms with E-state index in [1.54, 1.807) is 0 Å². The third-order valence-electron chi connectivity index (χ3n) is 6.47. The summed E-state index contributed by atoms with van der Waals surface area (Å²) in [7, 11) is 0. The number of aromatic nitrogens is 1. The first-order chi connectivity index (χ1) is 15.1. The molecule has 2 aliphatic rings. The Morgan fingerprint density at radius 1 is 1.06 bits per heavy atom. The number of pyridine rings is 1. The van der Waals surface area contributed by atoms with Crippen molar-refractivity contribution in [2.75, 3.05) is 13.2 Å². The molecule has 1 aromatic heterocycles. The molecule has 1 atom stereocenters. The molecule has 0 spiro atoms. The van der Waals surface area contributed by atoms with E-state index in [-0.39, 0.29) is 12.0 Å². The molecule has 3 heterocycles. The number of fused-ring (bicyclic) bond motifs is 1. The Kier molecular flexibility index (Phi) is 5.33. The monoisotopic (exact) mass is 412 g/mol. The van der Waals surface area contributed by atoms with E-state index in [4.69, 9.17) is 4.74 Å². The minimum atomic E-state index is 0.148. The van der Waals surface area contributed by atoms with Gasteiger partial charge in [0, 0.05) is 37.2 Å². The summed E-state index contributed by atoms with van der Waals surface area (Å²) in [5.74, 6) is 0.148. The second-order valence-electron chi connectivity index (χ2n) is 8.82. The fourth-order valence-electron chi connectivity index (χ4n) is 4.72. The molecule has 0 saturated carbocycles. The van der Waals surface area contributed by atoms with Crippen molar-refractivity contribution in [1.82, 2.24) is 9.88 Å². The van der Waals surface area contributed by atoms with Gasteiger partial charge in [-0.05, 0) is 84.7 Å². The van der Waals surface area contributed by atoms with Crippen LogP contribution < -0.4 is 0 Å². The molecule has 1 amide bonds.